The maximum Gasteiger partial charge on any atom is 0.266 e. The first-order valence-corrected chi connectivity index (χ1v) is 13.9. The van der Waals surface area contributed by atoms with Crippen LogP contribution in [0.4, 0.5) is 0 Å². The van der Waals surface area contributed by atoms with Gasteiger partial charge in [-0.25, -0.2) is 0 Å². The molecule has 0 radical (unpaired) electrons. The Hall–Kier alpha value is -3.35. The maximum atomic E-state index is 13.2. The summed E-state index contributed by atoms with van der Waals surface area (Å²) < 4.78 is 8.84. The minimum absolute atomic E-state index is 0.0418. The van der Waals surface area contributed by atoms with Crippen molar-refractivity contribution in [2.45, 2.75) is 39.3 Å². The number of rotatable bonds is 9. The first-order valence-electron chi connectivity index (χ1n) is 12.6. The summed E-state index contributed by atoms with van der Waals surface area (Å²) in [4.78, 5) is 15.5. The van der Waals surface area contributed by atoms with E-state index < -0.39 is 0 Å². The molecule has 5 rings (SSSR count). The molecule has 0 aliphatic carbocycles. The van der Waals surface area contributed by atoms with Crippen LogP contribution in [0.1, 0.15) is 42.9 Å². The number of para-hydroxylation sites is 1. The molecule has 188 valence electrons. The normalized spacial score (nSPS) is 15.6. The van der Waals surface area contributed by atoms with Crippen molar-refractivity contribution in [3.63, 3.8) is 0 Å². The molecular formula is C31H30N2O2S2. The van der Waals surface area contributed by atoms with Crippen molar-refractivity contribution in [1.82, 2.24) is 9.47 Å². The van der Waals surface area contributed by atoms with E-state index in [1.165, 1.54) is 17.3 Å². The maximum absolute atomic E-state index is 13.2. The molecule has 1 aliphatic heterocycles. The predicted molar refractivity (Wildman–Crippen MR) is 158 cm³/mol. The van der Waals surface area contributed by atoms with E-state index >= 15 is 0 Å². The number of nitrogens with zero attached hydrogens (tertiary/aromatic N) is 2. The smallest absolute Gasteiger partial charge is 0.266 e. The number of ether oxygens (including phenoxy) is 1. The number of hydrogen-bond acceptors (Lipinski definition) is 4. The van der Waals surface area contributed by atoms with E-state index in [1.807, 2.05) is 48.5 Å². The van der Waals surface area contributed by atoms with Crippen LogP contribution < -0.4 is 4.74 Å². The molecule has 1 fully saturated rings. The first kappa shape index (κ1) is 25.3. The lowest BCUT2D eigenvalue weighted by molar-refractivity contribution is -0.122. The van der Waals surface area contributed by atoms with E-state index in [1.54, 1.807) is 4.90 Å². The molecule has 3 aromatic carbocycles. The van der Waals surface area contributed by atoms with Crippen LogP contribution in [0, 0.1) is 0 Å². The molecule has 0 saturated carbocycles. The molecule has 4 aromatic rings. The van der Waals surface area contributed by atoms with Crippen molar-refractivity contribution < 1.29 is 9.53 Å². The van der Waals surface area contributed by atoms with Gasteiger partial charge in [0.2, 0.25) is 0 Å². The van der Waals surface area contributed by atoms with E-state index in [0.717, 1.165) is 34.2 Å². The van der Waals surface area contributed by atoms with E-state index in [-0.39, 0.29) is 5.91 Å². The SMILES string of the molecule is CCC(C)c1ccc(OCCn2cc(/C=C3/SC(=S)N(Cc4ccccc4)C3=O)c3ccccc32)cc1. The van der Waals surface area contributed by atoms with Crippen LogP contribution in [-0.2, 0) is 17.9 Å². The highest BCUT2D eigenvalue weighted by molar-refractivity contribution is 8.26. The standard InChI is InChI=1S/C31H30N2O2S2/c1-3-22(2)24-13-15-26(16-14-24)35-18-17-32-21-25(27-11-7-8-12-28(27)32)19-29-30(34)33(31(36)37-29)20-23-9-5-4-6-10-23/h4-16,19,21-22H,3,17-18,20H2,1-2H3/b29-19+. The second kappa shape index (κ2) is 11.4. The molecular weight excluding hydrogens is 496 g/mol. The lowest BCUT2D eigenvalue weighted by Gasteiger charge is -2.14. The van der Waals surface area contributed by atoms with Crippen LogP contribution in [-0.4, -0.2) is 26.3 Å². The molecule has 0 N–H and O–H groups in total. The summed E-state index contributed by atoms with van der Waals surface area (Å²) in [5.41, 5.74) is 4.52. The second-order valence-electron chi connectivity index (χ2n) is 9.28. The summed E-state index contributed by atoms with van der Waals surface area (Å²) in [6.45, 7) is 6.19. The Morgan fingerprint density at radius 1 is 1.00 bits per heavy atom. The Balaban J connectivity index is 1.31. The molecule has 0 bridgehead atoms. The lowest BCUT2D eigenvalue weighted by atomic mass is 9.99. The zero-order chi connectivity index (χ0) is 25.8. The van der Waals surface area contributed by atoms with Gasteiger partial charge in [-0.15, -0.1) is 0 Å². The van der Waals surface area contributed by atoms with Gasteiger partial charge in [-0.3, -0.25) is 9.69 Å². The fourth-order valence-corrected chi connectivity index (χ4v) is 5.75. The predicted octanol–water partition coefficient (Wildman–Crippen LogP) is 7.64. The van der Waals surface area contributed by atoms with Gasteiger partial charge in [0.15, 0.2) is 0 Å². The molecule has 1 aromatic heterocycles. The van der Waals surface area contributed by atoms with Crippen LogP contribution >= 0.6 is 24.0 Å². The summed E-state index contributed by atoms with van der Waals surface area (Å²) in [7, 11) is 0. The van der Waals surface area contributed by atoms with E-state index in [4.69, 9.17) is 17.0 Å². The van der Waals surface area contributed by atoms with Gasteiger partial charge in [-0.1, -0.05) is 98.5 Å². The zero-order valence-corrected chi connectivity index (χ0v) is 22.7. The Bertz CT molecular complexity index is 1440. The highest BCUT2D eigenvalue weighted by Gasteiger charge is 2.32. The minimum atomic E-state index is -0.0418. The number of benzene rings is 3. The summed E-state index contributed by atoms with van der Waals surface area (Å²) in [5, 5.41) is 1.11. The van der Waals surface area contributed by atoms with Crippen molar-refractivity contribution in [2.24, 2.45) is 0 Å². The van der Waals surface area contributed by atoms with Gasteiger partial charge in [0.05, 0.1) is 18.0 Å². The fourth-order valence-electron chi connectivity index (χ4n) is 4.51. The molecule has 1 saturated heterocycles. The minimum Gasteiger partial charge on any atom is -0.492 e. The molecule has 6 heteroatoms. The van der Waals surface area contributed by atoms with Crippen molar-refractivity contribution >= 4 is 51.2 Å². The number of carbonyl (C=O) groups excluding carboxylic acids is 1. The number of thioether (sulfide) groups is 1. The molecule has 4 nitrogen and oxygen atoms in total. The first-order chi connectivity index (χ1) is 18.0. The molecule has 1 atom stereocenters. The Morgan fingerprint density at radius 3 is 2.49 bits per heavy atom. The van der Waals surface area contributed by atoms with Crippen LogP contribution in [0.5, 0.6) is 5.75 Å². The number of carbonyl (C=O) groups is 1. The largest absolute Gasteiger partial charge is 0.492 e. The van der Waals surface area contributed by atoms with Crippen LogP contribution in [0.3, 0.4) is 0 Å². The molecule has 1 unspecified atom stereocenters. The van der Waals surface area contributed by atoms with Crippen molar-refractivity contribution in [3.8, 4) is 5.75 Å². The zero-order valence-electron chi connectivity index (χ0n) is 21.1. The third-order valence-corrected chi connectivity index (χ3v) is 8.20. The summed E-state index contributed by atoms with van der Waals surface area (Å²) >= 11 is 6.92. The number of thiocarbonyl (C=S) groups is 1. The van der Waals surface area contributed by atoms with Gasteiger partial charge in [0.25, 0.3) is 5.91 Å². The quantitative estimate of drug-likeness (QED) is 0.166. The number of hydrogen-bond donors (Lipinski definition) is 0. The Morgan fingerprint density at radius 2 is 1.73 bits per heavy atom. The van der Waals surface area contributed by atoms with Crippen LogP contribution in [0.15, 0.2) is 90.0 Å². The molecule has 1 amide bonds. The van der Waals surface area contributed by atoms with Gasteiger partial charge >= 0.3 is 0 Å². The van der Waals surface area contributed by atoms with Gasteiger partial charge < -0.3 is 9.30 Å². The second-order valence-corrected chi connectivity index (χ2v) is 11.0. The number of fused-ring (bicyclic) bond motifs is 1. The summed E-state index contributed by atoms with van der Waals surface area (Å²) in [6.07, 6.45) is 5.20. The number of amides is 1. The van der Waals surface area contributed by atoms with E-state index in [0.29, 0.717) is 34.8 Å². The lowest BCUT2D eigenvalue weighted by Crippen LogP contribution is -2.27. The van der Waals surface area contributed by atoms with Crippen molar-refractivity contribution in [3.05, 3.63) is 107 Å². The van der Waals surface area contributed by atoms with Crippen LogP contribution in [0.25, 0.3) is 17.0 Å². The molecule has 37 heavy (non-hydrogen) atoms. The van der Waals surface area contributed by atoms with Gasteiger partial charge in [-0.05, 0) is 47.7 Å². The summed E-state index contributed by atoms with van der Waals surface area (Å²) in [5.74, 6) is 1.39. The average molecular weight is 527 g/mol. The van der Waals surface area contributed by atoms with Gasteiger partial charge in [0, 0.05) is 22.7 Å². The Kier molecular flexibility index (Phi) is 7.77. The number of aromatic nitrogens is 1. The highest BCUT2D eigenvalue weighted by atomic mass is 32.2. The fraction of sp³-hybridized carbons (Fsp3) is 0.226. The Labute approximate surface area is 227 Å². The molecule has 2 heterocycles. The monoisotopic (exact) mass is 526 g/mol. The van der Waals surface area contributed by atoms with Crippen molar-refractivity contribution in [2.75, 3.05) is 6.61 Å². The highest BCUT2D eigenvalue weighted by Crippen LogP contribution is 2.35. The van der Waals surface area contributed by atoms with E-state index in [9.17, 15) is 4.79 Å². The third-order valence-electron chi connectivity index (χ3n) is 6.83. The third kappa shape index (κ3) is 5.65. The van der Waals surface area contributed by atoms with Crippen LogP contribution in [0.2, 0.25) is 0 Å². The topological polar surface area (TPSA) is 34.5 Å². The van der Waals surface area contributed by atoms with E-state index in [2.05, 4.69) is 61.0 Å². The van der Waals surface area contributed by atoms with Crippen molar-refractivity contribution in [1.29, 1.82) is 0 Å². The molecule has 0 spiro atoms. The molecule has 1 aliphatic rings. The van der Waals surface area contributed by atoms with Gasteiger partial charge in [0.1, 0.15) is 16.7 Å². The average Bonchev–Trinajstić information content (AvgIpc) is 3.41. The van der Waals surface area contributed by atoms with Gasteiger partial charge in [-0.2, -0.15) is 0 Å². The summed E-state index contributed by atoms with van der Waals surface area (Å²) in [6, 6.07) is 26.6.